The Labute approximate surface area is 104 Å². The topological polar surface area (TPSA) is 63.1 Å². The maximum atomic E-state index is 10.8. The van der Waals surface area contributed by atoms with E-state index in [1.807, 2.05) is 11.4 Å². The second-order valence-electron chi connectivity index (χ2n) is 3.15. The van der Waals surface area contributed by atoms with Gasteiger partial charge in [0, 0.05) is 15.5 Å². The first-order valence-electron chi connectivity index (χ1n) is 4.39. The third kappa shape index (κ3) is 2.28. The van der Waals surface area contributed by atoms with Gasteiger partial charge in [-0.1, -0.05) is 0 Å². The molecular weight excluding hydrogens is 292 g/mol. The molecule has 0 radical (unpaired) electrons. The summed E-state index contributed by atoms with van der Waals surface area (Å²) in [7, 11) is 0. The van der Waals surface area contributed by atoms with E-state index in [0.29, 0.717) is 11.4 Å². The van der Waals surface area contributed by atoms with E-state index in [9.17, 15) is 4.79 Å². The van der Waals surface area contributed by atoms with E-state index >= 15 is 0 Å². The van der Waals surface area contributed by atoms with Crippen molar-refractivity contribution in [3.8, 4) is 10.6 Å². The number of carboxylic acids is 1. The Morgan fingerprint density at radius 2 is 2.19 bits per heavy atom. The molecule has 0 saturated heterocycles. The van der Waals surface area contributed by atoms with E-state index in [-0.39, 0.29) is 5.82 Å². The lowest BCUT2D eigenvalue weighted by atomic mass is 10.3. The Bertz CT molecular complexity index is 554. The lowest BCUT2D eigenvalue weighted by Gasteiger charge is -2.00. The molecule has 0 amide bonds. The first-order chi connectivity index (χ1) is 7.56. The van der Waals surface area contributed by atoms with Crippen LogP contribution in [-0.2, 0) is 0 Å². The molecule has 82 valence electrons. The van der Waals surface area contributed by atoms with Crippen LogP contribution in [0.5, 0.6) is 0 Å². The normalized spacial score (nSPS) is 10.4. The summed E-state index contributed by atoms with van der Waals surface area (Å²) in [5.41, 5.74) is 1.28. The van der Waals surface area contributed by atoms with Gasteiger partial charge in [0.05, 0.1) is 10.6 Å². The predicted molar refractivity (Wildman–Crippen MR) is 64.7 cm³/mol. The molecule has 0 aliphatic carbocycles. The maximum Gasteiger partial charge on any atom is 0.373 e. The molecule has 4 nitrogen and oxygen atoms in total. The highest BCUT2D eigenvalue weighted by atomic mass is 79.9. The van der Waals surface area contributed by atoms with Crippen molar-refractivity contribution < 1.29 is 9.90 Å². The quantitative estimate of drug-likeness (QED) is 0.926. The Kier molecular flexibility index (Phi) is 3.02. The summed E-state index contributed by atoms with van der Waals surface area (Å²) in [5, 5.41) is 10.8. The summed E-state index contributed by atoms with van der Waals surface area (Å²) in [5.74, 6) is -1.28. The van der Waals surface area contributed by atoms with Gasteiger partial charge in [0.2, 0.25) is 5.82 Å². The van der Waals surface area contributed by atoms with Gasteiger partial charge in [-0.15, -0.1) is 11.3 Å². The second-order valence-corrected chi connectivity index (χ2v) is 4.98. The summed E-state index contributed by atoms with van der Waals surface area (Å²) < 4.78 is 0.959. The number of thiophene rings is 1. The van der Waals surface area contributed by atoms with Crippen molar-refractivity contribution in [2.45, 2.75) is 6.92 Å². The molecule has 6 heteroatoms. The summed E-state index contributed by atoms with van der Waals surface area (Å²) in [6.45, 7) is 1.75. The van der Waals surface area contributed by atoms with Gasteiger partial charge in [-0.05, 0) is 35.0 Å². The number of carbonyl (C=O) groups is 1. The fourth-order valence-corrected chi connectivity index (χ4v) is 2.63. The molecule has 2 aromatic heterocycles. The van der Waals surface area contributed by atoms with Crippen LogP contribution in [0.1, 0.15) is 16.3 Å². The van der Waals surface area contributed by atoms with Gasteiger partial charge in [0.15, 0.2) is 0 Å². The van der Waals surface area contributed by atoms with Crippen molar-refractivity contribution in [2.75, 3.05) is 0 Å². The highest BCUT2D eigenvalue weighted by Crippen LogP contribution is 2.28. The Morgan fingerprint density at radius 1 is 1.44 bits per heavy atom. The molecule has 2 heterocycles. The summed E-state index contributed by atoms with van der Waals surface area (Å²) in [6.07, 6.45) is 0. The third-order valence-corrected chi connectivity index (χ3v) is 3.58. The summed E-state index contributed by atoms with van der Waals surface area (Å²) in [6, 6.07) is 3.67. The molecular formula is C10H7BrN2O2S. The van der Waals surface area contributed by atoms with Gasteiger partial charge in [-0.3, -0.25) is 0 Å². The van der Waals surface area contributed by atoms with Gasteiger partial charge >= 0.3 is 5.97 Å². The third-order valence-electron chi connectivity index (χ3n) is 1.87. The molecule has 1 N–H and O–H groups in total. The molecule has 0 aliphatic heterocycles. The van der Waals surface area contributed by atoms with E-state index < -0.39 is 5.97 Å². The lowest BCUT2D eigenvalue weighted by molar-refractivity contribution is 0.0683. The van der Waals surface area contributed by atoms with Crippen molar-refractivity contribution in [1.29, 1.82) is 0 Å². The van der Waals surface area contributed by atoms with E-state index in [0.717, 1.165) is 9.35 Å². The average molecular weight is 299 g/mol. The smallest absolute Gasteiger partial charge is 0.373 e. The van der Waals surface area contributed by atoms with Crippen LogP contribution in [0.15, 0.2) is 22.0 Å². The fourth-order valence-electron chi connectivity index (χ4n) is 1.24. The number of aromatic carboxylic acids is 1. The number of halogens is 1. The Morgan fingerprint density at radius 3 is 2.75 bits per heavy atom. The highest BCUT2D eigenvalue weighted by Gasteiger charge is 2.11. The first-order valence-corrected chi connectivity index (χ1v) is 6.07. The number of hydrogen-bond donors (Lipinski definition) is 1. The predicted octanol–water partition coefficient (Wildman–Crippen LogP) is 2.97. The van der Waals surface area contributed by atoms with Crippen LogP contribution in [0.4, 0.5) is 0 Å². The first kappa shape index (κ1) is 11.2. The summed E-state index contributed by atoms with van der Waals surface area (Å²) >= 11 is 4.85. The molecule has 0 atom stereocenters. The van der Waals surface area contributed by atoms with Crippen LogP contribution in [0.25, 0.3) is 10.6 Å². The van der Waals surface area contributed by atoms with Crippen molar-refractivity contribution >= 4 is 33.2 Å². The van der Waals surface area contributed by atoms with Crippen LogP contribution >= 0.6 is 27.3 Å². The molecule has 0 bridgehead atoms. The average Bonchev–Trinajstić information content (AvgIpc) is 2.64. The van der Waals surface area contributed by atoms with Crippen molar-refractivity contribution in [1.82, 2.24) is 9.97 Å². The zero-order valence-electron chi connectivity index (χ0n) is 8.27. The Balaban J connectivity index is 2.53. The molecule has 0 unspecified atom stereocenters. The molecule has 2 rings (SSSR count). The van der Waals surface area contributed by atoms with Crippen molar-refractivity contribution in [3.63, 3.8) is 0 Å². The standard InChI is InChI=1S/C10H7BrN2O2S/c1-5-2-7(8-3-6(11)4-16-8)13-9(12-5)10(14)15/h2-4H,1H3,(H,14,15). The van der Waals surface area contributed by atoms with E-state index in [1.54, 1.807) is 13.0 Å². The van der Waals surface area contributed by atoms with Gasteiger partial charge in [0.25, 0.3) is 0 Å². The zero-order valence-corrected chi connectivity index (χ0v) is 10.7. The van der Waals surface area contributed by atoms with Crippen LogP contribution in [0.2, 0.25) is 0 Å². The Hall–Kier alpha value is -1.27. The SMILES string of the molecule is Cc1cc(-c2cc(Br)cs2)nc(C(=O)O)n1. The number of rotatable bonds is 2. The van der Waals surface area contributed by atoms with Crippen LogP contribution < -0.4 is 0 Å². The van der Waals surface area contributed by atoms with Crippen molar-refractivity contribution in [3.05, 3.63) is 33.5 Å². The molecule has 0 fully saturated rings. The number of carboxylic acid groups (broad SMARTS) is 1. The second kappa shape index (κ2) is 4.31. The minimum Gasteiger partial charge on any atom is -0.475 e. The van der Waals surface area contributed by atoms with Gasteiger partial charge in [0.1, 0.15) is 0 Å². The fraction of sp³-hybridized carbons (Fsp3) is 0.100. The largest absolute Gasteiger partial charge is 0.475 e. The molecule has 0 spiro atoms. The van der Waals surface area contributed by atoms with E-state index in [2.05, 4.69) is 25.9 Å². The van der Waals surface area contributed by atoms with Crippen LogP contribution in [-0.4, -0.2) is 21.0 Å². The van der Waals surface area contributed by atoms with Gasteiger partial charge in [-0.25, -0.2) is 14.8 Å². The minimum atomic E-state index is -1.11. The molecule has 16 heavy (non-hydrogen) atoms. The van der Waals surface area contributed by atoms with Crippen molar-refractivity contribution in [2.24, 2.45) is 0 Å². The van der Waals surface area contributed by atoms with E-state index in [1.165, 1.54) is 11.3 Å². The molecule has 0 saturated carbocycles. The number of aryl methyl sites for hydroxylation is 1. The number of aromatic nitrogens is 2. The van der Waals surface area contributed by atoms with E-state index in [4.69, 9.17) is 5.11 Å². The maximum absolute atomic E-state index is 10.8. The molecule has 0 aliphatic rings. The number of hydrogen-bond acceptors (Lipinski definition) is 4. The zero-order chi connectivity index (χ0) is 11.7. The minimum absolute atomic E-state index is 0.167. The van der Waals surface area contributed by atoms with Gasteiger partial charge < -0.3 is 5.11 Å². The number of nitrogens with zero attached hydrogens (tertiary/aromatic N) is 2. The highest BCUT2D eigenvalue weighted by molar-refractivity contribution is 9.10. The van der Waals surface area contributed by atoms with Gasteiger partial charge in [-0.2, -0.15) is 0 Å². The van der Waals surface area contributed by atoms with Crippen LogP contribution in [0.3, 0.4) is 0 Å². The molecule has 2 aromatic rings. The molecule has 0 aromatic carbocycles. The lowest BCUT2D eigenvalue weighted by Crippen LogP contribution is -2.05. The van der Waals surface area contributed by atoms with Crippen LogP contribution in [0, 0.1) is 6.92 Å². The summed E-state index contributed by atoms with van der Waals surface area (Å²) in [4.78, 5) is 19.6. The monoisotopic (exact) mass is 298 g/mol.